The SMILES string of the molecule is Cc1oc(-n2cccc2)c(C#N)c1C(=O)O[C@@H](C)C(=O)NC1CCCC1. The monoisotopic (exact) mass is 355 g/mol. The van der Waals surface area contributed by atoms with E-state index in [4.69, 9.17) is 9.15 Å². The molecule has 1 fully saturated rings. The molecular weight excluding hydrogens is 334 g/mol. The van der Waals surface area contributed by atoms with E-state index in [1.165, 1.54) is 6.92 Å². The van der Waals surface area contributed by atoms with Crippen molar-refractivity contribution in [2.24, 2.45) is 0 Å². The van der Waals surface area contributed by atoms with E-state index >= 15 is 0 Å². The molecule has 0 unspecified atom stereocenters. The Labute approximate surface area is 151 Å². The Balaban J connectivity index is 1.75. The molecule has 1 atom stereocenters. The van der Waals surface area contributed by atoms with Gasteiger partial charge in [0.05, 0.1) is 0 Å². The fraction of sp³-hybridized carbons (Fsp3) is 0.421. The van der Waals surface area contributed by atoms with Gasteiger partial charge in [0.15, 0.2) is 6.10 Å². The summed E-state index contributed by atoms with van der Waals surface area (Å²) in [4.78, 5) is 24.8. The van der Waals surface area contributed by atoms with Crippen LogP contribution in [0, 0.1) is 18.3 Å². The van der Waals surface area contributed by atoms with Crippen LogP contribution in [0.2, 0.25) is 0 Å². The number of nitriles is 1. The Bertz CT molecular complexity index is 839. The third-order valence-corrected chi connectivity index (χ3v) is 4.58. The van der Waals surface area contributed by atoms with Gasteiger partial charge in [-0.25, -0.2) is 4.79 Å². The fourth-order valence-corrected chi connectivity index (χ4v) is 3.19. The smallest absolute Gasteiger partial charge is 0.343 e. The zero-order chi connectivity index (χ0) is 18.7. The van der Waals surface area contributed by atoms with Gasteiger partial charge in [-0.05, 0) is 38.8 Å². The van der Waals surface area contributed by atoms with Crippen molar-refractivity contribution >= 4 is 11.9 Å². The Morgan fingerprint density at radius 1 is 1.35 bits per heavy atom. The number of amides is 1. The molecule has 2 aromatic rings. The van der Waals surface area contributed by atoms with Crippen molar-refractivity contribution in [3.8, 4) is 12.0 Å². The van der Waals surface area contributed by atoms with Gasteiger partial charge in [0, 0.05) is 18.4 Å². The van der Waals surface area contributed by atoms with E-state index in [-0.39, 0.29) is 34.7 Å². The largest absolute Gasteiger partial charge is 0.449 e. The second-order valence-electron chi connectivity index (χ2n) is 6.45. The third kappa shape index (κ3) is 3.49. The highest BCUT2D eigenvalue weighted by Crippen LogP contribution is 2.26. The Morgan fingerprint density at radius 3 is 2.62 bits per heavy atom. The summed E-state index contributed by atoms with van der Waals surface area (Å²) < 4.78 is 12.5. The average molecular weight is 355 g/mol. The van der Waals surface area contributed by atoms with Gasteiger partial charge in [0.2, 0.25) is 5.88 Å². The second-order valence-corrected chi connectivity index (χ2v) is 6.45. The molecule has 0 spiro atoms. The maximum atomic E-state index is 12.6. The summed E-state index contributed by atoms with van der Waals surface area (Å²) in [7, 11) is 0. The number of carbonyl (C=O) groups excluding carboxylic acids is 2. The molecule has 7 nitrogen and oxygen atoms in total. The molecule has 0 radical (unpaired) electrons. The van der Waals surface area contributed by atoms with E-state index in [1.807, 2.05) is 6.07 Å². The molecule has 0 saturated heterocycles. The predicted molar refractivity (Wildman–Crippen MR) is 92.8 cm³/mol. The molecule has 1 aliphatic rings. The number of nitrogens with one attached hydrogen (secondary N) is 1. The summed E-state index contributed by atoms with van der Waals surface area (Å²) in [6, 6.07) is 5.72. The molecule has 1 N–H and O–H groups in total. The number of furan rings is 1. The molecular formula is C19H21N3O4. The fourth-order valence-electron chi connectivity index (χ4n) is 3.19. The third-order valence-electron chi connectivity index (χ3n) is 4.58. The summed E-state index contributed by atoms with van der Waals surface area (Å²) in [5.74, 6) is -0.533. The van der Waals surface area contributed by atoms with Crippen molar-refractivity contribution in [3.63, 3.8) is 0 Å². The van der Waals surface area contributed by atoms with E-state index < -0.39 is 12.1 Å². The van der Waals surface area contributed by atoms with Crippen molar-refractivity contribution in [1.82, 2.24) is 9.88 Å². The van der Waals surface area contributed by atoms with Gasteiger partial charge in [0.1, 0.15) is 23.0 Å². The average Bonchev–Trinajstić information content (AvgIpc) is 3.34. The summed E-state index contributed by atoms with van der Waals surface area (Å²) in [6.07, 6.45) is 6.58. The molecule has 1 aliphatic carbocycles. The number of carbonyl (C=O) groups is 2. The highest BCUT2D eigenvalue weighted by Gasteiger charge is 2.29. The Hall–Kier alpha value is -3.01. The number of rotatable bonds is 5. The van der Waals surface area contributed by atoms with Crippen LogP contribution in [0.5, 0.6) is 0 Å². The maximum absolute atomic E-state index is 12.6. The van der Waals surface area contributed by atoms with E-state index in [9.17, 15) is 14.9 Å². The molecule has 1 saturated carbocycles. The molecule has 3 rings (SSSR count). The summed E-state index contributed by atoms with van der Waals surface area (Å²) >= 11 is 0. The van der Waals surface area contributed by atoms with Gasteiger partial charge >= 0.3 is 5.97 Å². The van der Waals surface area contributed by atoms with Gasteiger partial charge in [-0.15, -0.1) is 0 Å². The first kappa shape index (κ1) is 17.8. The zero-order valence-electron chi connectivity index (χ0n) is 14.8. The highest BCUT2D eigenvalue weighted by atomic mass is 16.5. The van der Waals surface area contributed by atoms with E-state index in [0.717, 1.165) is 25.7 Å². The van der Waals surface area contributed by atoms with Crippen molar-refractivity contribution in [1.29, 1.82) is 5.26 Å². The molecule has 26 heavy (non-hydrogen) atoms. The minimum Gasteiger partial charge on any atom is -0.449 e. The minimum absolute atomic E-state index is 0.0525. The lowest BCUT2D eigenvalue weighted by atomic mass is 10.1. The summed E-state index contributed by atoms with van der Waals surface area (Å²) in [5.41, 5.74) is 0.142. The van der Waals surface area contributed by atoms with Crippen molar-refractivity contribution in [2.45, 2.75) is 51.7 Å². The van der Waals surface area contributed by atoms with Gasteiger partial charge in [-0.3, -0.25) is 9.36 Å². The second kappa shape index (κ2) is 7.48. The molecule has 1 amide bonds. The summed E-state index contributed by atoms with van der Waals surface area (Å²) in [6.45, 7) is 3.12. The first-order chi connectivity index (χ1) is 12.5. The Morgan fingerprint density at radius 2 is 2.00 bits per heavy atom. The van der Waals surface area contributed by atoms with Crippen LogP contribution in [0.25, 0.3) is 5.88 Å². The van der Waals surface area contributed by atoms with Crippen LogP contribution in [0.1, 0.15) is 54.3 Å². The van der Waals surface area contributed by atoms with Crippen molar-refractivity contribution < 1.29 is 18.7 Å². The number of aromatic nitrogens is 1. The molecule has 7 heteroatoms. The maximum Gasteiger partial charge on any atom is 0.343 e. The van der Waals surface area contributed by atoms with Crippen LogP contribution in [0.15, 0.2) is 28.9 Å². The highest BCUT2D eigenvalue weighted by molar-refractivity contribution is 5.96. The van der Waals surface area contributed by atoms with Crippen LogP contribution >= 0.6 is 0 Å². The standard InChI is InChI=1S/C19H21N3O4/c1-12-16(15(11-20)18(25-12)22-9-5-6-10-22)19(24)26-13(2)17(23)21-14-7-3-4-8-14/h5-6,9-10,13-14H,3-4,7-8H2,1-2H3,(H,21,23)/t13-/m0/s1. The topological polar surface area (TPSA) is 97.3 Å². The lowest BCUT2D eigenvalue weighted by Gasteiger charge is -2.17. The molecule has 0 aliphatic heterocycles. The van der Waals surface area contributed by atoms with Crippen LogP contribution < -0.4 is 5.32 Å². The van der Waals surface area contributed by atoms with Crippen LogP contribution in [0.3, 0.4) is 0 Å². The van der Waals surface area contributed by atoms with Gasteiger partial charge < -0.3 is 14.5 Å². The van der Waals surface area contributed by atoms with E-state index in [2.05, 4.69) is 5.32 Å². The number of aryl methyl sites for hydroxylation is 1. The van der Waals surface area contributed by atoms with Gasteiger partial charge in [-0.1, -0.05) is 12.8 Å². The number of hydrogen-bond acceptors (Lipinski definition) is 5. The van der Waals surface area contributed by atoms with Gasteiger partial charge in [0.25, 0.3) is 5.91 Å². The van der Waals surface area contributed by atoms with Crippen LogP contribution in [-0.4, -0.2) is 28.6 Å². The molecule has 0 bridgehead atoms. The van der Waals surface area contributed by atoms with Crippen LogP contribution in [0.4, 0.5) is 0 Å². The molecule has 2 heterocycles. The molecule has 0 aromatic carbocycles. The first-order valence-corrected chi connectivity index (χ1v) is 8.69. The van der Waals surface area contributed by atoms with Crippen LogP contribution in [-0.2, 0) is 9.53 Å². The predicted octanol–water partition coefficient (Wildman–Crippen LogP) is 2.85. The minimum atomic E-state index is -0.945. The number of nitrogens with zero attached hydrogens (tertiary/aromatic N) is 2. The summed E-state index contributed by atoms with van der Waals surface area (Å²) in [5, 5.41) is 12.4. The number of esters is 1. The van der Waals surface area contributed by atoms with E-state index in [1.54, 1.807) is 36.0 Å². The zero-order valence-corrected chi connectivity index (χ0v) is 14.8. The molecule has 136 valence electrons. The number of hydrogen-bond donors (Lipinski definition) is 1. The lowest BCUT2D eigenvalue weighted by Crippen LogP contribution is -2.40. The normalized spacial score (nSPS) is 15.4. The first-order valence-electron chi connectivity index (χ1n) is 8.69. The van der Waals surface area contributed by atoms with Gasteiger partial charge in [-0.2, -0.15) is 5.26 Å². The van der Waals surface area contributed by atoms with Crippen molar-refractivity contribution in [2.75, 3.05) is 0 Å². The number of ether oxygens (including phenoxy) is 1. The molecule has 2 aromatic heterocycles. The lowest BCUT2D eigenvalue weighted by molar-refractivity contribution is -0.129. The quantitative estimate of drug-likeness (QED) is 0.832. The van der Waals surface area contributed by atoms with E-state index in [0.29, 0.717) is 0 Å². The van der Waals surface area contributed by atoms with Crippen molar-refractivity contribution in [3.05, 3.63) is 41.4 Å². The Kier molecular flexibility index (Phi) is 5.12.